The first-order valence-electron chi connectivity index (χ1n) is 8.72. The second kappa shape index (κ2) is 6.68. The highest BCUT2D eigenvalue weighted by Gasteiger charge is 2.31. The molecule has 3 heteroatoms. The van der Waals surface area contributed by atoms with Crippen molar-refractivity contribution < 1.29 is 4.79 Å². The van der Waals surface area contributed by atoms with Gasteiger partial charge in [0.25, 0.3) is 0 Å². The maximum Gasteiger partial charge on any atom is 0.222 e. The zero-order valence-corrected chi connectivity index (χ0v) is 14.7. The van der Waals surface area contributed by atoms with Crippen LogP contribution in [-0.2, 0) is 4.79 Å². The molecule has 0 radical (unpaired) electrons. The van der Waals surface area contributed by atoms with E-state index in [2.05, 4.69) is 44.5 Å². The fourth-order valence-electron chi connectivity index (χ4n) is 3.16. The van der Waals surface area contributed by atoms with Gasteiger partial charge in [0.05, 0.1) is 0 Å². The predicted molar refractivity (Wildman–Crippen MR) is 88.1 cm³/mol. The predicted octanol–water partition coefficient (Wildman–Crippen LogP) is 3.25. The molecule has 3 nitrogen and oxygen atoms in total. The Morgan fingerprint density at radius 2 is 1.81 bits per heavy atom. The minimum Gasteiger partial charge on any atom is -0.342 e. The summed E-state index contributed by atoms with van der Waals surface area (Å²) in [6, 6.07) is 0. The standard InChI is InChI=1S/C18H34N2O/c1-14(18(2,3)4)10-17(21)20-9-8-16(13-20)12-19(5)11-15-6-7-15/h14-16H,6-13H2,1-5H3/t14-,16-/m0/s1. The fourth-order valence-corrected chi connectivity index (χ4v) is 3.16. The number of hydrogen-bond acceptors (Lipinski definition) is 2. The van der Waals surface area contributed by atoms with Crippen LogP contribution >= 0.6 is 0 Å². The number of hydrogen-bond donors (Lipinski definition) is 0. The smallest absolute Gasteiger partial charge is 0.222 e. The Balaban J connectivity index is 1.72. The molecule has 0 bridgehead atoms. The number of likely N-dealkylation sites (tertiary alicyclic amines) is 1. The Morgan fingerprint density at radius 1 is 1.19 bits per heavy atom. The van der Waals surface area contributed by atoms with E-state index in [0.717, 1.165) is 25.6 Å². The Morgan fingerprint density at radius 3 is 2.38 bits per heavy atom. The van der Waals surface area contributed by atoms with Crippen molar-refractivity contribution in [2.45, 2.75) is 53.4 Å². The highest BCUT2D eigenvalue weighted by atomic mass is 16.2. The van der Waals surface area contributed by atoms with Gasteiger partial charge in [0.15, 0.2) is 0 Å². The van der Waals surface area contributed by atoms with Gasteiger partial charge >= 0.3 is 0 Å². The molecule has 2 fully saturated rings. The summed E-state index contributed by atoms with van der Waals surface area (Å²) in [6.45, 7) is 13.2. The number of carbonyl (C=O) groups is 1. The summed E-state index contributed by atoms with van der Waals surface area (Å²) in [5.74, 6) is 2.45. The first-order valence-corrected chi connectivity index (χ1v) is 8.72. The average Bonchev–Trinajstić information content (AvgIpc) is 3.03. The molecule has 1 saturated carbocycles. The van der Waals surface area contributed by atoms with Crippen LogP contribution in [0.1, 0.15) is 53.4 Å². The molecule has 122 valence electrons. The molecular formula is C18H34N2O. The van der Waals surface area contributed by atoms with Crippen molar-refractivity contribution in [2.75, 3.05) is 33.2 Å². The average molecular weight is 294 g/mol. The van der Waals surface area contributed by atoms with Crippen LogP contribution in [0, 0.1) is 23.2 Å². The van der Waals surface area contributed by atoms with Crippen molar-refractivity contribution in [3.63, 3.8) is 0 Å². The fraction of sp³-hybridized carbons (Fsp3) is 0.944. The van der Waals surface area contributed by atoms with E-state index in [1.807, 2.05) is 0 Å². The van der Waals surface area contributed by atoms with Gasteiger partial charge < -0.3 is 9.80 Å². The largest absolute Gasteiger partial charge is 0.342 e. The van der Waals surface area contributed by atoms with Gasteiger partial charge in [-0.05, 0) is 49.5 Å². The van der Waals surface area contributed by atoms with Crippen LogP contribution in [0.15, 0.2) is 0 Å². The molecule has 1 heterocycles. The quantitative estimate of drug-likeness (QED) is 0.751. The zero-order valence-electron chi connectivity index (χ0n) is 14.7. The molecule has 1 amide bonds. The molecule has 1 aliphatic heterocycles. The van der Waals surface area contributed by atoms with E-state index >= 15 is 0 Å². The molecule has 2 aliphatic rings. The molecule has 0 spiro atoms. The first kappa shape index (κ1) is 16.8. The van der Waals surface area contributed by atoms with Gasteiger partial charge in [0.2, 0.25) is 5.91 Å². The van der Waals surface area contributed by atoms with Crippen LogP contribution < -0.4 is 0 Å². The lowest BCUT2D eigenvalue weighted by Crippen LogP contribution is -2.34. The first-order chi connectivity index (χ1) is 9.75. The minimum atomic E-state index is 0.221. The number of rotatable bonds is 6. The summed E-state index contributed by atoms with van der Waals surface area (Å²) in [6.07, 6.45) is 4.73. The molecule has 0 N–H and O–H groups in total. The van der Waals surface area contributed by atoms with Crippen molar-refractivity contribution in [3.8, 4) is 0 Å². The third-order valence-corrected chi connectivity index (χ3v) is 5.43. The van der Waals surface area contributed by atoms with Gasteiger partial charge in [-0.2, -0.15) is 0 Å². The van der Waals surface area contributed by atoms with E-state index in [1.54, 1.807) is 0 Å². The number of amides is 1. The van der Waals surface area contributed by atoms with E-state index < -0.39 is 0 Å². The van der Waals surface area contributed by atoms with E-state index in [-0.39, 0.29) is 5.41 Å². The summed E-state index contributed by atoms with van der Waals surface area (Å²) in [7, 11) is 2.24. The second-order valence-electron chi connectivity index (χ2n) is 8.63. The van der Waals surface area contributed by atoms with E-state index in [9.17, 15) is 4.79 Å². The lowest BCUT2D eigenvalue weighted by Gasteiger charge is -2.28. The van der Waals surface area contributed by atoms with Crippen LogP contribution in [0.3, 0.4) is 0 Å². The molecule has 1 aliphatic carbocycles. The van der Waals surface area contributed by atoms with Crippen molar-refractivity contribution in [2.24, 2.45) is 23.2 Å². The Hall–Kier alpha value is -0.570. The second-order valence-corrected chi connectivity index (χ2v) is 8.63. The van der Waals surface area contributed by atoms with Crippen molar-refractivity contribution in [3.05, 3.63) is 0 Å². The van der Waals surface area contributed by atoms with Gasteiger partial charge in [-0.1, -0.05) is 27.7 Å². The third-order valence-electron chi connectivity index (χ3n) is 5.43. The summed E-state index contributed by atoms with van der Waals surface area (Å²) in [4.78, 5) is 17.0. The van der Waals surface area contributed by atoms with E-state index in [4.69, 9.17) is 0 Å². The number of carbonyl (C=O) groups excluding carboxylic acids is 1. The van der Waals surface area contributed by atoms with Gasteiger partial charge in [-0.15, -0.1) is 0 Å². The van der Waals surface area contributed by atoms with Gasteiger partial charge in [-0.3, -0.25) is 4.79 Å². The molecular weight excluding hydrogens is 260 g/mol. The lowest BCUT2D eigenvalue weighted by atomic mass is 9.80. The van der Waals surface area contributed by atoms with Crippen LogP contribution in [0.2, 0.25) is 0 Å². The molecule has 0 unspecified atom stereocenters. The Labute approximate surface area is 131 Å². The van der Waals surface area contributed by atoms with Crippen LogP contribution in [0.4, 0.5) is 0 Å². The summed E-state index contributed by atoms with van der Waals surface area (Å²) in [5, 5.41) is 0. The van der Waals surface area contributed by atoms with Gasteiger partial charge in [-0.25, -0.2) is 0 Å². The van der Waals surface area contributed by atoms with Crippen LogP contribution in [0.25, 0.3) is 0 Å². The normalized spacial score (nSPS) is 24.7. The van der Waals surface area contributed by atoms with Crippen LogP contribution in [0.5, 0.6) is 0 Å². The maximum atomic E-state index is 12.4. The highest BCUT2D eigenvalue weighted by Crippen LogP contribution is 2.31. The van der Waals surface area contributed by atoms with Crippen LogP contribution in [-0.4, -0.2) is 48.9 Å². The summed E-state index contributed by atoms with van der Waals surface area (Å²) >= 11 is 0. The summed E-state index contributed by atoms with van der Waals surface area (Å²) < 4.78 is 0. The SMILES string of the molecule is C[C@@H](CC(=O)N1CC[C@@H](CN(C)CC2CC2)C1)C(C)(C)C. The third kappa shape index (κ3) is 5.28. The topological polar surface area (TPSA) is 23.6 Å². The molecule has 21 heavy (non-hydrogen) atoms. The Kier molecular flexibility index (Phi) is 5.34. The lowest BCUT2D eigenvalue weighted by molar-refractivity contribution is -0.132. The minimum absolute atomic E-state index is 0.221. The van der Waals surface area contributed by atoms with Crippen molar-refractivity contribution in [1.29, 1.82) is 0 Å². The molecule has 0 aromatic carbocycles. The number of nitrogens with zero attached hydrogens (tertiary/aromatic N) is 2. The van der Waals surface area contributed by atoms with Crippen molar-refractivity contribution >= 4 is 5.91 Å². The monoisotopic (exact) mass is 294 g/mol. The Bertz CT molecular complexity index is 357. The maximum absolute atomic E-state index is 12.4. The molecule has 2 atom stereocenters. The highest BCUT2D eigenvalue weighted by molar-refractivity contribution is 5.76. The van der Waals surface area contributed by atoms with Gasteiger partial charge in [0.1, 0.15) is 0 Å². The molecule has 0 aromatic rings. The van der Waals surface area contributed by atoms with Crippen molar-refractivity contribution in [1.82, 2.24) is 9.80 Å². The van der Waals surface area contributed by atoms with E-state index in [0.29, 0.717) is 24.2 Å². The molecule has 0 aromatic heterocycles. The molecule has 1 saturated heterocycles. The summed E-state index contributed by atoms with van der Waals surface area (Å²) in [5.41, 5.74) is 0.221. The van der Waals surface area contributed by atoms with E-state index in [1.165, 1.54) is 25.8 Å². The zero-order chi connectivity index (χ0) is 15.6. The van der Waals surface area contributed by atoms with Gasteiger partial charge in [0, 0.05) is 32.6 Å². The molecule has 2 rings (SSSR count).